The van der Waals surface area contributed by atoms with Crippen molar-refractivity contribution >= 4 is 18.0 Å². The van der Waals surface area contributed by atoms with Crippen LogP contribution in [0, 0.1) is 11.6 Å². The van der Waals surface area contributed by atoms with Crippen molar-refractivity contribution in [3.63, 3.8) is 0 Å². The van der Waals surface area contributed by atoms with Gasteiger partial charge in [0.05, 0.1) is 19.8 Å². The lowest BCUT2D eigenvalue weighted by atomic mass is 10.0. The van der Waals surface area contributed by atoms with Gasteiger partial charge in [-0.15, -0.1) is 0 Å². The van der Waals surface area contributed by atoms with Crippen LogP contribution in [-0.4, -0.2) is 59.9 Å². The maximum absolute atomic E-state index is 14.1. The summed E-state index contributed by atoms with van der Waals surface area (Å²) in [7, 11) is 1.21. The fraction of sp³-hybridized carbons (Fsp3) is 0.367. The first-order chi connectivity index (χ1) is 19.4. The van der Waals surface area contributed by atoms with E-state index in [2.05, 4.69) is 0 Å². The zero-order chi connectivity index (χ0) is 29.9. The van der Waals surface area contributed by atoms with E-state index in [1.54, 1.807) is 55.5 Å². The van der Waals surface area contributed by atoms with Crippen molar-refractivity contribution in [1.29, 1.82) is 0 Å². The van der Waals surface area contributed by atoms with E-state index in [4.69, 9.17) is 18.9 Å². The number of para-hydroxylation sites is 1. The average Bonchev–Trinajstić information content (AvgIpc) is 3.56. The number of likely N-dealkylation sites (tertiary alicyclic amines) is 1. The minimum absolute atomic E-state index is 0.00140. The van der Waals surface area contributed by atoms with Gasteiger partial charge in [-0.2, -0.15) is 0 Å². The molecule has 0 spiro atoms. The highest BCUT2D eigenvalue weighted by atomic mass is 19.1. The molecule has 3 aromatic rings. The smallest absolute Gasteiger partial charge is 0.410 e. The van der Waals surface area contributed by atoms with Gasteiger partial charge in [-0.1, -0.05) is 18.2 Å². The Morgan fingerprint density at radius 3 is 2.24 bits per heavy atom. The number of halogens is 2. The Morgan fingerprint density at radius 2 is 1.66 bits per heavy atom. The van der Waals surface area contributed by atoms with Gasteiger partial charge in [-0.3, -0.25) is 0 Å². The molecule has 1 atom stereocenters. The molecule has 0 aliphatic carbocycles. The lowest BCUT2D eigenvalue weighted by Gasteiger charge is -2.24. The summed E-state index contributed by atoms with van der Waals surface area (Å²) in [6.07, 6.45) is 1.68. The highest BCUT2D eigenvalue weighted by Gasteiger charge is 2.36. The fourth-order valence-electron chi connectivity index (χ4n) is 4.61. The Balaban J connectivity index is 1.72. The highest BCUT2D eigenvalue weighted by Crippen LogP contribution is 2.36. The molecule has 4 rings (SSSR count). The summed E-state index contributed by atoms with van der Waals surface area (Å²) >= 11 is 0. The highest BCUT2D eigenvalue weighted by molar-refractivity contribution is 6.07. The molecule has 0 saturated carbocycles. The molecule has 1 fully saturated rings. The Bertz CT molecular complexity index is 1420. The van der Waals surface area contributed by atoms with E-state index in [1.807, 2.05) is 0 Å². The van der Waals surface area contributed by atoms with E-state index in [0.29, 0.717) is 24.1 Å². The maximum Gasteiger partial charge on any atom is 0.410 e. The van der Waals surface area contributed by atoms with Crippen LogP contribution in [0.15, 0.2) is 48.7 Å². The Kier molecular flexibility index (Phi) is 8.65. The second kappa shape index (κ2) is 12.0. The van der Waals surface area contributed by atoms with Crippen molar-refractivity contribution in [2.24, 2.45) is 0 Å². The predicted octanol–water partition coefficient (Wildman–Crippen LogP) is 6.37. The van der Waals surface area contributed by atoms with Crippen LogP contribution in [0.5, 0.6) is 11.5 Å². The van der Waals surface area contributed by atoms with Crippen molar-refractivity contribution in [3.8, 4) is 22.6 Å². The summed E-state index contributed by atoms with van der Waals surface area (Å²) in [4.78, 5) is 40.5. The first kappa shape index (κ1) is 29.6. The fourth-order valence-corrected chi connectivity index (χ4v) is 4.61. The first-order valence-electron chi connectivity index (χ1n) is 13.1. The Labute approximate surface area is 236 Å². The Morgan fingerprint density at radius 1 is 1.00 bits per heavy atom. The lowest BCUT2D eigenvalue weighted by molar-refractivity contribution is 0.0288. The molecule has 11 heteroatoms. The molecule has 0 radical (unpaired) electrons. The number of carbonyl (C=O) groups is 3. The second-order valence-corrected chi connectivity index (χ2v) is 10.4. The van der Waals surface area contributed by atoms with Crippen LogP contribution in [0.4, 0.5) is 13.6 Å². The molecule has 41 heavy (non-hydrogen) atoms. The topological polar surface area (TPSA) is 96.3 Å². The van der Waals surface area contributed by atoms with Gasteiger partial charge < -0.3 is 28.4 Å². The van der Waals surface area contributed by atoms with Gasteiger partial charge in [-0.05, 0) is 63.9 Å². The van der Waals surface area contributed by atoms with Crippen LogP contribution in [0.2, 0.25) is 0 Å². The van der Waals surface area contributed by atoms with Gasteiger partial charge in [-0.25, -0.2) is 23.2 Å². The molecule has 1 aliphatic heterocycles. The third-order valence-corrected chi connectivity index (χ3v) is 6.40. The molecule has 1 amide bonds. The summed E-state index contributed by atoms with van der Waals surface area (Å²) in [5.74, 6) is -3.55. The van der Waals surface area contributed by atoms with E-state index >= 15 is 0 Å². The zero-order valence-corrected chi connectivity index (χ0v) is 23.5. The number of esters is 2. The quantitative estimate of drug-likeness (QED) is 0.241. The van der Waals surface area contributed by atoms with E-state index < -0.39 is 41.0 Å². The van der Waals surface area contributed by atoms with Crippen molar-refractivity contribution in [1.82, 2.24) is 9.47 Å². The zero-order valence-electron chi connectivity index (χ0n) is 23.5. The molecule has 2 heterocycles. The number of aromatic nitrogens is 1. The van der Waals surface area contributed by atoms with Crippen LogP contribution in [-0.2, 0) is 14.2 Å². The maximum atomic E-state index is 14.1. The number of ether oxygens (including phenoxy) is 4. The average molecular weight is 571 g/mol. The van der Waals surface area contributed by atoms with Crippen molar-refractivity contribution in [3.05, 3.63) is 71.6 Å². The summed E-state index contributed by atoms with van der Waals surface area (Å²) in [6, 6.07) is 9.22. The number of benzene rings is 2. The Hall–Kier alpha value is -4.41. The first-order valence-corrected chi connectivity index (χ1v) is 13.1. The molecule has 1 aromatic heterocycles. The minimum atomic E-state index is -0.852. The predicted molar refractivity (Wildman–Crippen MR) is 145 cm³/mol. The summed E-state index contributed by atoms with van der Waals surface area (Å²) in [6.45, 7) is 7.71. The number of hydrogen-bond donors (Lipinski definition) is 0. The molecule has 0 unspecified atom stereocenters. The third-order valence-electron chi connectivity index (χ3n) is 6.40. The van der Waals surface area contributed by atoms with Gasteiger partial charge >= 0.3 is 18.0 Å². The molecule has 9 nitrogen and oxygen atoms in total. The van der Waals surface area contributed by atoms with Crippen molar-refractivity contribution in [2.75, 3.05) is 26.8 Å². The number of hydrogen-bond acceptors (Lipinski definition) is 7. The second-order valence-electron chi connectivity index (χ2n) is 10.4. The monoisotopic (exact) mass is 570 g/mol. The number of methoxy groups -OCH3 is 1. The number of amides is 1. The van der Waals surface area contributed by atoms with Crippen LogP contribution >= 0.6 is 0 Å². The normalized spacial score (nSPS) is 15.0. The van der Waals surface area contributed by atoms with Crippen LogP contribution in [0.3, 0.4) is 0 Å². The van der Waals surface area contributed by atoms with Crippen LogP contribution < -0.4 is 4.74 Å². The van der Waals surface area contributed by atoms with Gasteiger partial charge in [0.2, 0.25) is 0 Å². The largest absolute Gasteiger partial charge is 0.465 e. The minimum Gasteiger partial charge on any atom is -0.465 e. The molecule has 218 valence electrons. The van der Waals surface area contributed by atoms with Crippen molar-refractivity contribution < 1.29 is 42.1 Å². The molecule has 1 aliphatic rings. The van der Waals surface area contributed by atoms with E-state index in [9.17, 15) is 23.2 Å². The number of carbonyl (C=O) groups excluding carboxylic acids is 3. The van der Waals surface area contributed by atoms with Crippen molar-refractivity contribution in [2.45, 2.75) is 45.8 Å². The molecule has 2 aromatic carbocycles. The molecule has 0 bridgehead atoms. The van der Waals surface area contributed by atoms with Gasteiger partial charge in [0.15, 0.2) is 17.4 Å². The van der Waals surface area contributed by atoms with Crippen LogP contribution in [0.25, 0.3) is 11.1 Å². The third kappa shape index (κ3) is 6.50. The van der Waals surface area contributed by atoms with E-state index in [-0.39, 0.29) is 36.2 Å². The number of nitrogens with zero attached hydrogens (tertiary/aromatic N) is 2. The standard InChI is InChI=1S/C30H32F2N2O7/c1-6-39-28(36)25-24(27(35)38-5)21(17-34(25)19-14-15-33(16-19)29(37)41-30(2,3)4)18-10-12-20(13-11-18)40-26-22(31)8-7-9-23(26)32/h7-13,17,19H,6,14-16H2,1-5H3/t19-/m1/s1. The van der Waals surface area contributed by atoms with Gasteiger partial charge in [0.1, 0.15) is 22.6 Å². The molecule has 0 N–H and O–H groups in total. The lowest BCUT2D eigenvalue weighted by Crippen LogP contribution is -2.35. The molecular weight excluding hydrogens is 538 g/mol. The van der Waals surface area contributed by atoms with Gasteiger partial charge in [0, 0.05) is 24.8 Å². The molecule has 1 saturated heterocycles. The summed E-state index contributed by atoms with van der Waals surface area (Å²) in [5, 5.41) is 0. The van der Waals surface area contributed by atoms with E-state index in [0.717, 1.165) is 12.1 Å². The molecular formula is C30H32F2N2O7. The summed E-state index contributed by atoms with van der Waals surface area (Å²) < 4.78 is 51.0. The SMILES string of the molecule is CCOC(=O)c1c(C(=O)OC)c(-c2ccc(Oc3c(F)cccc3F)cc2)cn1[C@@H]1CCN(C(=O)OC(C)(C)C)C1. The van der Waals surface area contributed by atoms with E-state index in [1.165, 1.54) is 25.3 Å². The number of rotatable bonds is 7. The summed E-state index contributed by atoms with van der Waals surface area (Å²) in [5.41, 5.74) is 0.212. The van der Waals surface area contributed by atoms with Gasteiger partial charge in [0.25, 0.3) is 0 Å². The van der Waals surface area contributed by atoms with Crippen LogP contribution in [0.1, 0.15) is 61.0 Å².